The zero-order valence-corrected chi connectivity index (χ0v) is 6.59. The number of hydrogen-bond acceptors (Lipinski definition) is 0. The Balaban J connectivity index is 2.76. The third-order valence-corrected chi connectivity index (χ3v) is 2.06. The molecule has 1 aromatic carbocycles. The van der Waals surface area contributed by atoms with Crippen molar-refractivity contribution in [2.75, 3.05) is 0 Å². The lowest BCUT2D eigenvalue weighted by Gasteiger charge is -1.90. The molecule has 0 aliphatic rings. The molecule has 0 unspecified atom stereocenters. The molecule has 0 saturated carbocycles. The molecule has 0 amide bonds. The summed E-state index contributed by atoms with van der Waals surface area (Å²) in [6, 6.07) is 8.40. The van der Waals surface area contributed by atoms with E-state index in [0.717, 1.165) is 6.32 Å². The summed E-state index contributed by atoms with van der Waals surface area (Å²) in [7, 11) is 2.18. The lowest BCUT2D eigenvalue weighted by atomic mass is 9.97. The van der Waals surface area contributed by atoms with Crippen LogP contribution in [0.2, 0.25) is 0 Å². The van der Waals surface area contributed by atoms with Gasteiger partial charge in [0.2, 0.25) is 0 Å². The van der Waals surface area contributed by atoms with E-state index in [-0.39, 0.29) is 0 Å². The van der Waals surface area contributed by atoms with Crippen molar-refractivity contribution in [3.05, 3.63) is 36.0 Å². The Kier molecular flexibility index (Phi) is 1.46. The van der Waals surface area contributed by atoms with Gasteiger partial charge in [0.1, 0.15) is 7.85 Å². The van der Waals surface area contributed by atoms with Gasteiger partial charge >= 0.3 is 0 Å². The minimum atomic E-state index is 1.10. The van der Waals surface area contributed by atoms with Crippen LogP contribution in [0, 0.1) is 0 Å². The molecule has 1 heterocycles. The Labute approximate surface area is 66.8 Å². The summed E-state index contributed by atoms with van der Waals surface area (Å²) >= 11 is 0. The van der Waals surface area contributed by atoms with Crippen molar-refractivity contribution >= 4 is 18.7 Å². The van der Waals surface area contributed by atoms with E-state index in [1.54, 1.807) is 0 Å². The number of nitrogens with one attached hydrogen (secondary N) is 1. The molecule has 1 N–H and O–H groups in total. The zero-order chi connectivity index (χ0) is 7.68. The van der Waals surface area contributed by atoms with Crippen LogP contribution in [0.5, 0.6) is 0 Å². The van der Waals surface area contributed by atoms with Crippen molar-refractivity contribution in [3.8, 4) is 0 Å². The molecule has 2 rings (SSSR count). The van der Waals surface area contributed by atoms with Gasteiger partial charge < -0.3 is 4.98 Å². The van der Waals surface area contributed by atoms with E-state index >= 15 is 0 Å². The van der Waals surface area contributed by atoms with Gasteiger partial charge in [-0.05, 0) is 11.6 Å². The van der Waals surface area contributed by atoms with Gasteiger partial charge in [-0.3, -0.25) is 0 Å². The SMILES string of the molecule is BCc1c[nH]c2ccccc12. The number of benzene rings is 1. The second kappa shape index (κ2) is 2.46. The first kappa shape index (κ1) is 6.53. The van der Waals surface area contributed by atoms with E-state index in [0.29, 0.717) is 0 Å². The first-order valence-corrected chi connectivity index (χ1v) is 3.97. The third kappa shape index (κ3) is 0.948. The lowest BCUT2D eigenvalue weighted by Crippen LogP contribution is -1.78. The maximum Gasteiger partial charge on any atom is 0.107 e. The number of aromatic amines is 1. The minimum absolute atomic E-state index is 1.10. The predicted molar refractivity (Wildman–Crippen MR) is 50.5 cm³/mol. The van der Waals surface area contributed by atoms with Crippen LogP contribution in [0.25, 0.3) is 10.9 Å². The zero-order valence-electron chi connectivity index (χ0n) is 6.59. The lowest BCUT2D eigenvalue weighted by molar-refractivity contribution is 1.39. The Morgan fingerprint density at radius 2 is 2.09 bits per heavy atom. The summed E-state index contributed by atoms with van der Waals surface area (Å²) in [6.45, 7) is 0. The van der Waals surface area contributed by atoms with Gasteiger partial charge in [0, 0.05) is 17.1 Å². The van der Waals surface area contributed by atoms with Gasteiger partial charge in [-0.1, -0.05) is 24.5 Å². The van der Waals surface area contributed by atoms with Gasteiger partial charge in [0.25, 0.3) is 0 Å². The van der Waals surface area contributed by atoms with Gasteiger partial charge in [-0.25, -0.2) is 0 Å². The van der Waals surface area contributed by atoms with Crippen LogP contribution in [0.3, 0.4) is 0 Å². The summed E-state index contributed by atoms with van der Waals surface area (Å²) < 4.78 is 0. The summed E-state index contributed by atoms with van der Waals surface area (Å²) in [6.07, 6.45) is 3.19. The summed E-state index contributed by atoms with van der Waals surface area (Å²) in [5.74, 6) is 0. The molecule has 0 atom stereocenters. The Morgan fingerprint density at radius 1 is 1.27 bits per heavy atom. The molecule has 1 nitrogen and oxygen atoms in total. The van der Waals surface area contributed by atoms with Gasteiger partial charge in [0.15, 0.2) is 0 Å². The molecule has 11 heavy (non-hydrogen) atoms. The van der Waals surface area contributed by atoms with Gasteiger partial charge in [-0.2, -0.15) is 0 Å². The number of rotatable bonds is 1. The number of H-pyrrole nitrogens is 1. The highest BCUT2D eigenvalue weighted by molar-refractivity contribution is 6.09. The number of hydrogen-bond donors (Lipinski definition) is 1. The van der Waals surface area contributed by atoms with Crippen molar-refractivity contribution in [1.82, 2.24) is 4.98 Å². The number of aromatic nitrogens is 1. The Bertz CT molecular complexity index is 364. The second-order valence-corrected chi connectivity index (χ2v) is 2.71. The van der Waals surface area contributed by atoms with E-state index in [4.69, 9.17) is 0 Å². The minimum Gasteiger partial charge on any atom is -0.361 e. The molecule has 0 spiro atoms. The second-order valence-electron chi connectivity index (χ2n) is 2.71. The molecule has 0 bridgehead atoms. The van der Waals surface area contributed by atoms with E-state index in [2.05, 4.69) is 43.3 Å². The molecule has 54 valence electrons. The van der Waals surface area contributed by atoms with Crippen LogP contribution < -0.4 is 0 Å². The molecule has 2 heteroatoms. The van der Waals surface area contributed by atoms with Crippen LogP contribution in [0.15, 0.2) is 30.5 Å². The number of para-hydroxylation sites is 1. The average Bonchev–Trinajstić information content (AvgIpc) is 2.47. The average molecular weight is 143 g/mol. The molecule has 0 saturated heterocycles. The molecular weight excluding hydrogens is 133 g/mol. The molecule has 0 aliphatic heterocycles. The normalized spacial score (nSPS) is 10.5. The molecule has 0 radical (unpaired) electrons. The molecule has 0 aliphatic carbocycles. The van der Waals surface area contributed by atoms with E-state index in [1.807, 2.05) is 0 Å². The maximum atomic E-state index is 3.24. The monoisotopic (exact) mass is 143 g/mol. The third-order valence-electron chi connectivity index (χ3n) is 2.06. The molecule has 0 fully saturated rings. The molecular formula is C9H10BN. The number of fused-ring (bicyclic) bond motifs is 1. The van der Waals surface area contributed by atoms with Gasteiger partial charge in [0.05, 0.1) is 0 Å². The highest BCUT2D eigenvalue weighted by atomic mass is 14.7. The Morgan fingerprint density at radius 3 is 2.91 bits per heavy atom. The smallest absolute Gasteiger partial charge is 0.107 e. The van der Waals surface area contributed by atoms with E-state index in [1.165, 1.54) is 16.5 Å². The van der Waals surface area contributed by atoms with Crippen molar-refractivity contribution in [2.24, 2.45) is 0 Å². The van der Waals surface area contributed by atoms with Crippen molar-refractivity contribution in [3.63, 3.8) is 0 Å². The van der Waals surface area contributed by atoms with Crippen LogP contribution in [-0.4, -0.2) is 12.8 Å². The fraction of sp³-hybridized carbons (Fsp3) is 0.111. The summed E-state index contributed by atoms with van der Waals surface area (Å²) in [4.78, 5) is 3.24. The fourth-order valence-electron chi connectivity index (χ4n) is 1.42. The Hall–Kier alpha value is -1.18. The van der Waals surface area contributed by atoms with Crippen LogP contribution in [-0.2, 0) is 6.32 Å². The highest BCUT2D eigenvalue weighted by Crippen LogP contribution is 2.16. The van der Waals surface area contributed by atoms with Crippen molar-refractivity contribution in [1.29, 1.82) is 0 Å². The summed E-state index contributed by atoms with van der Waals surface area (Å²) in [5, 5.41) is 1.36. The largest absolute Gasteiger partial charge is 0.361 e. The maximum absolute atomic E-state index is 3.24. The topological polar surface area (TPSA) is 15.8 Å². The quantitative estimate of drug-likeness (QED) is 0.579. The standard InChI is InChI=1S/C9H10BN/c10-5-7-6-11-9-4-2-1-3-8(7)9/h1-4,6,11H,5,10H2. The first-order valence-electron chi connectivity index (χ1n) is 3.97. The highest BCUT2D eigenvalue weighted by Gasteiger charge is 1.97. The summed E-state index contributed by atoms with van der Waals surface area (Å²) in [5.41, 5.74) is 2.64. The molecule has 1 aromatic heterocycles. The van der Waals surface area contributed by atoms with Crippen LogP contribution >= 0.6 is 0 Å². The van der Waals surface area contributed by atoms with E-state index < -0.39 is 0 Å². The van der Waals surface area contributed by atoms with Crippen molar-refractivity contribution in [2.45, 2.75) is 6.32 Å². The first-order chi connectivity index (χ1) is 5.42. The van der Waals surface area contributed by atoms with Crippen LogP contribution in [0.1, 0.15) is 5.56 Å². The van der Waals surface area contributed by atoms with E-state index in [9.17, 15) is 0 Å². The fourth-order valence-corrected chi connectivity index (χ4v) is 1.42. The predicted octanol–water partition coefficient (Wildman–Crippen LogP) is 1.30. The molecule has 2 aromatic rings. The van der Waals surface area contributed by atoms with Gasteiger partial charge in [-0.15, -0.1) is 0 Å². The van der Waals surface area contributed by atoms with Crippen LogP contribution in [0.4, 0.5) is 0 Å². The van der Waals surface area contributed by atoms with Crippen molar-refractivity contribution < 1.29 is 0 Å².